The Hall–Kier alpha value is -1.29. The molecule has 0 bridgehead atoms. The van der Waals surface area contributed by atoms with Crippen molar-refractivity contribution in [3.63, 3.8) is 0 Å². The lowest BCUT2D eigenvalue weighted by molar-refractivity contribution is -0.140. The van der Waals surface area contributed by atoms with Crippen molar-refractivity contribution in [2.24, 2.45) is 0 Å². The van der Waals surface area contributed by atoms with Crippen molar-refractivity contribution in [1.82, 2.24) is 9.55 Å². The first-order chi connectivity index (χ1) is 10.5. The third kappa shape index (κ3) is 3.79. The normalized spacial score (nSPS) is 33.5. The molecule has 5 atom stereocenters. The van der Waals surface area contributed by atoms with Gasteiger partial charge in [-0.2, -0.15) is 4.98 Å². The molecule has 1 aromatic heterocycles. The summed E-state index contributed by atoms with van der Waals surface area (Å²) in [6, 6.07) is 1.36. The largest absolute Gasteiger partial charge is 0.387 e. The van der Waals surface area contributed by atoms with E-state index in [9.17, 15) is 19.6 Å². The number of ether oxygens (including phenoxy) is 2. The second-order valence-corrected chi connectivity index (χ2v) is 8.06. The van der Waals surface area contributed by atoms with Gasteiger partial charge in [-0.1, -0.05) is 0 Å². The number of aromatic nitrogens is 2. The molecule has 1 fully saturated rings. The van der Waals surface area contributed by atoms with E-state index in [1.54, 1.807) is 0 Å². The Morgan fingerprint density at radius 2 is 2.22 bits per heavy atom. The molecule has 11 heteroatoms. The lowest BCUT2D eigenvalue weighted by atomic mass is 10.0. The lowest BCUT2D eigenvalue weighted by Gasteiger charge is -2.29. The Morgan fingerprint density at radius 3 is 2.78 bits per heavy atom. The van der Waals surface area contributed by atoms with Crippen LogP contribution in [0.4, 0.5) is 5.82 Å². The summed E-state index contributed by atoms with van der Waals surface area (Å²) in [4.78, 5) is 24.7. The molecule has 1 aromatic rings. The summed E-state index contributed by atoms with van der Waals surface area (Å²) in [5.41, 5.74) is 3.11. The van der Waals surface area contributed by atoms with E-state index in [4.69, 9.17) is 20.1 Å². The monoisotopic (exact) mass is 349 g/mol. The van der Waals surface area contributed by atoms with Gasteiger partial charge in [0.25, 0.3) is 0 Å². The zero-order valence-electron chi connectivity index (χ0n) is 12.7. The minimum Gasteiger partial charge on any atom is -0.387 e. The Balaban J connectivity index is 2.18. The van der Waals surface area contributed by atoms with Crippen molar-refractivity contribution < 1.29 is 29.1 Å². The number of aliphatic hydroxyl groups is 2. The third-order valence-corrected chi connectivity index (χ3v) is 4.22. The van der Waals surface area contributed by atoms with Crippen LogP contribution in [0.2, 0.25) is 0 Å². The van der Waals surface area contributed by atoms with Crippen LogP contribution >= 0.6 is 7.37 Å². The van der Waals surface area contributed by atoms with Crippen molar-refractivity contribution in [3.8, 4) is 0 Å². The molecular formula is C12H20N3O7P. The molecule has 0 spiro atoms. The van der Waals surface area contributed by atoms with E-state index < -0.39 is 43.4 Å². The van der Waals surface area contributed by atoms with Crippen molar-refractivity contribution in [2.45, 2.75) is 31.0 Å². The van der Waals surface area contributed by atoms with Gasteiger partial charge in [-0.05, 0) is 13.0 Å². The predicted molar refractivity (Wildman–Crippen MR) is 80.0 cm³/mol. The van der Waals surface area contributed by atoms with Gasteiger partial charge in [-0.3, -0.25) is 9.13 Å². The van der Waals surface area contributed by atoms with Crippen LogP contribution in [-0.2, 0) is 19.8 Å². The highest BCUT2D eigenvalue weighted by molar-refractivity contribution is 7.56. The fourth-order valence-corrected chi connectivity index (χ4v) is 2.83. The van der Waals surface area contributed by atoms with Gasteiger partial charge in [0.2, 0.25) is 7.37 Å². The summed E-state index contributed by atoms with van der Waals surface area (Å²) in [5.74, 6) is 0.0180. The topological polar surface area (TPSA) is 157 Å². The maximum Gasteiger partial charge on any atom is 0.351 e. The van der Waals surface area contributed by atoms with Crippen molar-refractivity contribution in [2.75, 3.05) is 25.4 Å². The van der Waals surface area contributed by atoms with Gasteiger partial charge in [0.1, 0.15) is 30.5 Å². The van der Waals surface area contributed by atoms with Crippen molar-refractivity contribution in [3.05, 3.63) is 22.7 Å². The number of anilines is 1. The zero-order valence-corrected chi connectivity index (χ0v) is 13.6. The summed E-state index contributed by atoms with van der Waals surface area (Å²) >= 11 is 0. The lowest BCUT2D eigenvalue weighted by Crippen LogP contribution is -2.48. The first-order valence-electron chi connectivity index (χ1n) is 6.81. The van der Waals surface area contributed by atoms with Gasteiger partial charge in [0.05, 0.1) is 6.61 Å². The third-order valence-electron chi connectivity index (χ3n) is 3.56. The van der Waals surface area contributed by atoms with Gasteiger partial charge in [-0.25, -0.2) is 4.79 Å². The summed E-state index contributed by atoms with van der Waals surface area (Å²) in [5, 5.41) is 20.3. The highest BCUT2D eigenvalue weighted by Gasteiger charge is 2.53. The number of nitrogen functional groups attached to an aromatic ring is 1. The van der Waals surface area contributed by atoms with Crippen LogP contribution < -0.4 is 11.4 Å². The first kappa shape index (κ1) is 18.1. The quantitative estimate of drug-likeness (QED) is 0.464. The molecule has 5 N–H and O–H groups in total. The van der Waals surface area contributed by atoms with E-state index in [1.807, 2.05) is 0 Å². The van der Waals surface area contributed by atoms with Crippen LogP contribution in [0.1, 0.15) is 6.92 Å². The molecule has 1 aliphatic rings. The van der Waals surface area contributed by atoms with Crippen molar-refractivity contribution >= 4 is 13.2 Å². The van der Waals surface area contributed by atoms with Crippen LogP contribution in [0.3, 0.4) is 0 Å². The van der Waals surface area contributed by atoms with E-state index in [1.165, 1.54) is 19.2 Å². The summed E-state index contributed by atoms with van der Waals surface area (Å²) < 4.78 is 22.8. The molecule has 23 heavy (non-hydrogen) atoms. The molecule has 3 unspecified atom stereocenters. The molecule has 1 saturated heterocycles. The van der Waals surface area contributed by atoms with E-state index in [0.29, 0.717) is 0 Å². The molecule has 10 nitrogen and oxygen atoms in total. The standard InChI is InChI=1S/C12H20N3O7P/c1-12(15-4-3-8(13)14-11(15)18)10(17)9(16)7(22-12)5-21-6-23(2,19)20/h3-4,7,9-10,16-17H,5-6H2,1-2H3,(H,19,20)(H2,13,14,18)/t7-,9?,10?,12-/m1/s1. The Kier molecular flexibility index (Phi) is 4.95. The number of aliphatic hydroxyl groups excluding tert-OH is 2. The van der Waals surface area contributed by atoms with E-state index in [2.05, 4.69) is 4.98 Å². The Bertz CT molecular complexity index is 675. The van der Waals surface area contributed by atoms with E-state index in [0.717, 1.165) is 11.2 Å². The summed E-state index contributed by atoms with van der Waals surface area (Å²) in [7, 11) is -3.36. The average molecular weight is 349 g/mol. The zero-order chi connectivity index (χ0) is 17.4. The molecule has 0 amide bonds. The second kappa shape index (κ2) is 6.31. The van der Waals surface area contributed by atoms with Gasteiger partial charge in [-0.15, -0.1) is 0 Å². The minimum absolute atomic E-state index is 0.0180. The van der Waals surface area contributed by atoms with E-state index >= 15 is 0 Å². The average Bonchev–Trinajstić information content (AvgIpc) is 2.62. The van der Waals surface area contributed by atoms with Crippen LogP contribution in [0.25, 0.3) is 0 Å². The minimum atomic E-state index is -3.36. The van der Waals surface area contributed by atoms with Gasteiger partial charge in [0.15, 0.2) is 5.72 Å². The number of rotatable bonds is 5. The number of hydrogen-bond acceptors (Lipinski definition) is 8. The smallest absolute Gasteiger partial charge is 0.351 e. The van der Waals surface area contributed by atoms with Crippen LogP contribution in [-0.4, -0.2) is 62.6 Å². The Labute approximate surface area is 131 Å². The fourth-order valence-electron chi connectivity index (χ4n) is 2.39. The molecule has 0 aromatic carbocycles. The molecule has 2 rings (SSSR count). The number of hydrogen-bond donors (Lipinski definition) is 4. The summed E-state index contributed by atoms with van der Waals surface area (Å²) in [6.07, 6.45) is -2.86. The Morgan fingerprint density at radius 1 is 1.57 bits per heavy atom. The maximum atomic E-state index is 11.9. The molecule has 2 heterocycles. The highest BCUT2D eigenvalue weighted by Crippen LogP contribution is 2.37. The molecule has 0 radical (unpaired) electrons. The number of nitrogens with two attached hydrogens (primary N) is 1. The molecule has 0 saturated carbocycles. The van der Waals surface area contributed by atoms with Gasteiger partial charge < -0.3 is 30.3 Å². The maximum absolute atomic E-state index is 11.9. The van der Waals surface area contributed by atoms with Crippen molar-refractivity contribution in [1.29, 1.82) is 0 Å². The second-order valence-electron chi connectivity index (χ2n) is 5.70. The molecular weight excluding hydrogens is 329 g/mol. The van der Waals surface area contributed by atoms with Gasteiger partial charge >= 0.3 is 5.69 Å². The molecule has 130 valence electrons. The molecule has 1 aliphatic heterocycles. The van der Waals surface area contributed by atoms with Crippen LogP contribution in [0.5, 0.6) is 0 Å². The fraction of sp³-hybridized carbons (Fsp3) is 0.667. The number of nitrogens with zero attached hydrogens (tertiary/aromatic N) is 2. The van der Waals surface area contributed by atoms with Crippen LogP contribution in [0, 0.1) is 0 Å². The highest BCUT2D eigenvalue weighted by atomic mass is 31.2. The van der Waals surface area contributed by atoms with Crippen LogP contribution in [0.15, 0.2) is 17.1 Å². The first-order valence-corrected chi connectivity index (χ1v) is 9.10. The van der Waals surface area contributed by atoms with Gasteiger partial charge in [0, 0.05) is 12.9 Å². The van der Waals surface area contributed by atoms with E-state index in [-0.39, 0.29) is 12.4 Å². The summed E-state index contributed by atoms with van der Waals surface area (Å²) in [6.45, 7) is 2.33. The molecule has 0 aliphatic carbocycles. The predicted octanol–water partition coefficient (Wildman–Crippen LogP) is -1.51. The SMILES string of the molecule is C[C@@]1(n2ccc(N)nc2=O)O[C@H](COCP(C)(=O)O)C(O)C1O.